The molecule has 2 amide bonds. The lowest BCUT2D eigenvalue weighted by Crippen LogP contribution is -2.39. The summed E-state index contributed by atoms with van der Waals surface area (Å²) in [5.41, 5.74) is 0.358. The lowest BCUT2D eigenvalue weighted by molar-refractivity contribution is 0.0693. The van der Waals surface area contributed by atoms with Gasteiger partial charge in [0, 0.05) is 36.0 Å². The molecule has 8 nitrogen and oxygen atoms in total. The number of nitrogens with zero attached hydrogens (tertiary/aromatic N) is 2. The van der Waals surface area contributed by atoms with Gasteiger partial charge in [-0.25, -0.2) is 18.2 Å². The molecule has 0 spiro atoms. The Kier molecular flexibility index (Phi) is 6.77. The number of sulfone groups is 1. The highest BCUT2D eigenvalue weighted by atomic mass is 32.2. The molecule has 0 radical (unpaired) electrons. The van der Waals surface area contributed by atoms with E-state index in [4.69, 9.17) is 4.74 Å². The van der Waals surface area contributed by atoms with E-state index in [1.165, 1.54) is 35.6 Å². The number of rotatable bonds is 5. The number of benzene rings is 1. The SMILES string of the molecule is CC(C)OC(=O)N1CCC(c2cnc(NC(=O)c3ccc(S(C)(=O)=O)cc3)s2)CC1. The maximum absolute atomic E-state index is 12.4. The van der Waals surface area contributed by atoms with Gasteiger partial charge < -0.3 is 9.64 Å². The van der Waals surface area contributed by atoms with E-state index in [9.17, 15) is 18.0 Å². The zero-order valence-electron chi connectivity index (χ0n) is 17.1. The molecule has 0 bridgehead atoms. The van der Waals surface area contributed by atoms with Crippen LogP contribution in [0, 0.1) is 0 Å². The Bertz CT molecular complexity index is 1010. The molecule has 2 aromatic rings. The Morgan fingerprint density at radius 3 is 2.40 bits per heavy atom. The molecule has 162 valence electrons. The number of hydrogen-bond donors (Lipinski definition) is 1. The topological polar surface area (TPSA) is 106 Å². The molecular weight excluding hydrogens is 426 g/mol. The maximum Gasteiger partial charge on any atom is 0.410 e. The van der Waals surface area contributed by atoms with Crippen molar-refractivity contribution in [3.63, 3.8) is 0 Å². The van der Waals surface area contributed by atoms with Gasteiger partial charge in [-0.15, -0.1) is 11.3 Å². The van der Waals surface area contributed by atoms with Crippen LogP contribution in [0.3, 0.4) is 0 Å². The Morgan fingerprint density at radius 2 is 1.83 bits per heavy atom. The number of aromatic nitrogens is 1. The van der Waals surface area contributed by atoms with Crippen molar-refractivity contribution >= 4 is 38.3 Å². The number of amides is 2. The Labute approximate surface area is 180 Å². The number of likely N-dealkylation sites (tertiary alicyclic amines) is 1. The first-order chi connectivity index (χ1) is 14.1. The molecule has 1 fully saturated rings. The van der Waals surface area contributed by atoms with Crippen LogP contribution in [-0.4, -0.2) is 55.8 Å². The third-order valence-corrected chi connectivity index (χ3v) is 6.98. The van der Waals surface area contributed by atoms with Crippen LogP contribution in [0.2, 0.25) is 0 Å². The molecular formula is C20H25N3O5S2. The van der Waals surface area contributed by atoms with Gasteiger partial charge in [-0.05, 0) is 56.9 Å². The maximum atomic E-state index is 12.4. The van der Waals surface area contributed by atoms with Crippen molar-refractivity contribution in [2.75, 3.05) is 24.7 Å². The van der Waals surface area contributed by atoms with E-state index in [1.807, 2.05) is 13.8 Å². The zero-order valence-corrected chi connectivity index (χ0v) is 18.8. The number of piperidine rings is 1. The summed E-state index contributed by atoms with van der Waals surface area (Å²) in [6.45, 7) is 4.92. The van der Waals surface area contributed by atoms with Crippen molar-refractivity contribution in [2.24, 2.45) is 0 Å². The lowest BCUT2D eigenvalue weighted by Gasteiger charge is -2.31. The number of nitrogens with one attached hydrogen (secondary N) is 1. The average molecular weight is 452 g/mol. The van der Waals surface area contributed by atoms with Crippen LogP contribution in [0.25, 0.3) is 0 Å². The average Bonchev–Trinajstić information content (AvgIpc) is 3.15. The van der Waals surface area contributed by atoms with Gasteiger partial charge in [0.25, 0.3) is 5.91 Å². The molecule has 1 aromatic heterocycles. The van der Waals surface area contributed by atoms with Crippen molar-refractivity contribution in [1.29, 1.82) is 0 Å². The number of hydrogen-bond acceptors (Lipinski definition) is 7. The van der Waals surface area contributed by atoms with Crippen LogP contribution in [0.15, 0.2) is 35.4 Å². The van der Waals surface area contributed by atoms with Gasteiger partial charge >= 0.3 is 6.09 Å². The highest BCUT2D eigenvalue weighted by Crippen LogP contribution is 2.33. The summed E-state index contributed by atoms with van der Waals surface area (Å²) < 4.78 is 28.3. The van der Waals surface area contributed by atoms with Crippen molar-refractivity contribution in [3.05, 3.63) is 40.9 Å². The van der Waals surface area contributed by atoms with E-state index < -0.39 is 9.84 Å². The fourth-order valence-corrected chi connectivity index (χ4v) is 4.79. The minimum Gasteiger partial charge on any atom is -0.447 e. The molecule has 1 saturated heterocycles. The van der Waals surface area contributed by atoms with Gasteiger partial charge in [-0.3, -0.25) is 10.1 Å². The Hall–Kier alpha value is -2.46. The summed E-state index contributed by atoms with van der Waals surface area (Å²) in [4.78, 5) is 31.7. The van der Waals surface area contributed by atoms with Crippen molar-refractivity contribution < 1.29 is 22.7 Å². The van der Waals surface area contributed by atoms with Crippen molar-refractivity contribution in [2.45, 2.75) is 43.6 Å². The molecule has 1 aliphatic rings. The number of carbonyl (C=O) groups excluding carboxylic acids is 2. The summed E-state index contributed by atoms with van der Waals surface area (Å²) in [5, 5.41) is 3.25. The van der Waals surface area contributed by atoms with E-state index in [2.05, 4.69) is 10.3 Å². The van der Waals surface area contributed by atoms with Crippen LogP contribution >= 0.6 is 11.3 Å². The molecule has 1 aromatic carbocycles. The van der Waals surface area contributed by atoms with E-state index >= 15 is 0 Å². The van der Waals surface area contributed by atoms with Gasteiger partial charge in [0.15, 0.2) is 15.0 Å². The number of ether oxygens (including phenoxy) is 1. The molecule has 1 aliphatic heterocycles. The Morgan fingerprint density at radius 1 is 1.20 bits per heavy atom. The summed E-state index contributed by atoms with van der Waals surface area (Å²) in [6, 6.07) is 5.78. The van der Waals surface area contributed by atoms with Gasteiger partial charge in [-0.2, -0.15) is 0 Å². The molecule has 10 heteroatoms. The second-order valence-electron chi connectivity index (χ2n) is 7.51. The molecule has 0 unspecified atom stereocenters. The predicted molar refractivity (Wildman–Crippen MR) is 115 cm³/mol. The van der Waals surface area contributed by atoms with E-state index in [-0.39, 0.29) is 28.9 Å². The summed E-state index contributed by atoms with van der Waals surface area (Å²) in [5.74, 6) is -0.0625. The smallest absolute Gasteiger partial charge is 0.410 e. The number of thiazole rings is 1. The standard InChI is InChI=1S/C20H25N3O5S2/c1-13(2)28-20(25)23-10-8-14(9-11-23)17-12-21-19(29-17)22-18(24)15-4-6-16(7-5-15)30(3,26)27/h4-7,12-14H,8-11H2,1-3H3,(H,21,22,24). The monoisotopic (exact) mass is 451 g/mol. The van der Waals surface area contributed by atoms with Gasteiger partial charge in [0.05, 0.1) is 11.0 Å². The first-order valence-corrected chi connectivity index (χ1v) is 12.4. The van der Waals surface area contributed by atoms with Crippen LogP contribution < -0.4 is 5.32 Å². The highest BCUT2D eigenvalue weighted by molar-refractivity contribution is 7.90. The first-order valence-electron chi connectivity index (χ1n) is 9.66. The van der Waals surface area contributed by atoms with Gasteiger partial charge in [0.2, 0.25) is 0 Å². The lowest BCUT2D eigenvalue weighted by atomic mass is 9.96. The minimum atomic E-state index is -3.30. The second-order valence-corrected chi connectivity index (χ2v) is 10.6. The van der Waals surface area contributed by atoms with Gasteiger partial charge in [-0.1, -0.05) is 0 Å². The molecule has 0 aliphatic carbocycles. The van der Waals surface area contributed by atoms with Crippen LogP contribution in [0.4, 0.5) is 9.93 Å². The second kappa shape index (κ2) is 9.13. The van der Waals surface area contributed by atoms with Crippen LogP contribution in [-0.2, 0) is 14.6 Å². The quantitative estimate of drug-likeness (QED) is 0.746. The predicted octanol–water partition coefficient (Wildman–Crippen LogP) is 3.52. The first kappa shape index (κ1) is 22.2. The fourth-order valence-electron chi connectivity index (χ4n) is 3.18. The number of anilines is 1. The highest BCUT2D eigenvalue weighted by Gasteiger charge is 2.26. The van der Waals surface area contributed by atoms with E-state index in [0.29, 0.717) is 23.8 Å². The summed E-state index contributed by atoms with van der Waals surface area (Å²) >= 11 is 1.42. The molecule has 1 N–H and O–H groups in total. The van der Waals surface area contributed by atoms with Crippen molar-refractivity contribution in [1.82, 2.24) is 9.88 Å². The van der Waals surface area contributed by atoms with Crippen LogP contribution in [0.5, 0.6) is 0 Å². The third kappa shape index (κ3) is 5.57. The number of carbonyl (C=O) groups is 2. The van der Waals surface area contributed by atoms with E-state index in [0.717, 1.165) is 24.0 Å². The van der Waals surface area contributed by atoms with Gasteiger partial charge in [0.1, 0.15) is 0 Å². The molecule has 3 rings (SSSR count). The summed E-state index contributed by atoms with van der Waals surface area (Å²) in [7, 11) is -3.30. The fraction of sp³-hybridized carbons (Fsp3) is 0.450. The third-order valence-electron chi connectivity index (χ3n) is 4.78. The van der Waals surface area contributed by atoms with E-state index in [1.54, 1.807) is 11.1 Å². The molecule has 0 saturated carbocycles. The summed E-state index contributed by atoms with van der Waals surface area (Å²) in [6.07, 6.45) is 4.11. The van der Waals surface area contributed by atoms with Crippen LogP contribution in [0.1, 0.15) is 47.8 Å². The molecule has 30 heavy (non-hydrogen) atoms. The largest absolute Gasteiger partial charge is 0.447 e. The molecule has 0 atom stereocenters. The van der Waals surface area contributed by atoms with Crippen molar-refractivity contribution in [3.8, 4) is 0 Å². The Balaban J connectivity index is 1.56. The molecule has 2 heterocycles. The zero-order chi connectivity index (χ0) is 21.9. The normalized spacial score (nSPS) is 15.3. The minimum absolute atomic E-state index is 0.134.